The predicted octanol–water partition coefficient (Wildman–Crippen LogP) is 4.01. The maximum atomic E-state index is 12.4. The molecule has 0 amide bonds. The second-order valence-corrected chi connectivity index (χ2v) is 10.9. The first-order valence-corrected chi connectivity index (χ1v) is 10.9. The molecular formula is C22H23O2P. The summed E-state index contributed by atoms with van der Waals surface area (Å²) >= 11 is 0. The molecule has 0 spiro atoms. The number of hydrogen-bond acceptors (Lipinski definition) is 2. The molecule has 0 saturated heterocycles. The summed E-state index contributed by atoms with van der Waals surface area (Å²) in [7, 11) is 0. The van der Waals surface area contributed by atoms with Crippen LogP contribution in [-0.4, -0.2) is 12.1 Å². The monoisotopic (exact) mass is 350 g/mol. The quantitative estimate of drug-likeness (QED) is 0.650. The third kappa shape index (κ3) is 2.67. The van der Waals surface area contributed by atoms with Crippen molar-refractivity contribution < 1.29 is 9.32 Å². The Morgan fingerprint density at radius 1 is 0.720 bits per heavy atom. The van der Waals surface area contributed by atoms with E-state index in [9.17, 15) is 4.79 Å². The molecule has 3 heteroatoms. The van der Waals surface area contributed by atoms with Crippen molar-refractivity contribution in [2.75, 3.05) is 6.16 Å². The zero-order valence-corrected chi connectivity index (χ0v) is 15.5. The third-order valence-electron chi connectivity index (χ3n) is 4.84. The van der Waals surface area contributed by atoms with Gasteiger partial charge in [0.1, 0.15) is 0 Å². The van der Waals surface area contributed by atoms with E-state index in [1.165, 1.54) is 6.92 Å². The van der Waals surface area contributed by atoms with Crippen LogP contribution < -0.4 is 15.9 Å². The van der Waals surface area contributed by atoms with Crippen LogP contribution in [0.4, 0.5) is 0 Å². The molecule has 0 aliphatic rings. The Kier molecular flexibility index (Phi) is 4.74. The van der Waals surface area contributed by atoms with Crippen LogP contribution in [0.1, 0.15) is 13.8 Å². The number of carbonyl (C=O) groups excluding carboxylic acids is 1. The number of carbonyl (C=O) groups is 1. The van der Waals surface area contributed by atoms with Gasteiger partial charge in [0.05, 0.1) is 0 Å². The molecule has 0 unspecified atom stereocenters. The Labute approximate surface area is 149 Å². The van der Waals surface area contributed by atoms with Gasteiger partial charge in [0.2, 0.25) is 0 Å². The summed E-state index contributed by atoms with van der Waals surface area (Å²) in [6.45, 7) is 0.254. The molecule has 0 N–H and O–H groups in total. The van der Waals surface area contributed by atoms with Crippen molar-refractivity contribution in [2.45, 2.75) is 13.8 Å². The van der Waals surface area contributed by atoms with E-state index in [1.54, 1.807) is 0 Å². The maximum absolute atomic E-state index is 12.4. The molecule has 3 aromatic carbocycles. The standard InChI is InChI=1S/C22H23O2P/c1-3-25(24-19(2)23,20-13-7-4-8-14-20,21-15-9-5-10-16-21)22-17-11-6-12-18-22/h4-18H,3H2,1-2H3. The molecule has 0 aliphatic carbocycles. The van der Waals surface area contributed by atoms with E-state index in [0.717, 1.165) is 15.9 Å². The molecule has 3 aromatic rings. The Morgan fingerprint density at radius 2 is 1.04 bits per heavy atom. The van der Waals surface area contributed by atoms with Crippen LogP contribution >= 0.6 is 6.83 Å². The molecule has 0 saturated carbocycles. The van der Waals surface area contributed by atoms with Gasteiger partial charge in [-0.1, -0.05) is 0 Å². The van der Waals surface area contributed by atoms with Gasteiger partial charge in [-0.05, 0) is 0 Å². The Hall–Kier alpha value is -2.44. The van der Waals surface area contributed by atoms with Crippen LogP contribution in [0, 0.1) is 0 Å². The van der Waals surface area contributed by atoms with Crippen molar-refractivity contribution in [1.82, 2.24) is 0 Å². The fourth-order valence-corrected chi connectivity index (χ4v) is 9.14. The van der Waals surface area contributed by atoms with E-state index in [4.69, 9.17) is 4.52 Å². The average Bonchev–Trinajstić information content (AvgIpc) is 2.68. The van der Waals surface area contributed by atoms with Crippen LogP contribution in [0.2, 0.25) is 0 Å². The Morgan fingerprint density at radius 3 is 1.28 bits per heavy atom. The summed E-state index contributed by atoms with van der Waals surface area (Å²) in [5.41, 5.74) is 0. The summed E-state index contributed by atoms with van der Waals surface area (Å²) in [6, 6.07) is 30.6. The Balaban J connectivity index is 2.50. The van der Waals surface area contributed by atoms with Crippen LogP contribution in [0.25, 0.3) is 0 Å². The summed E-state index contributed by atoms with van der Waals surface area (Å²) in [5.74, 6) is -0.254. The van der Waals surface area contributed by atoms with Crippen LogP contribution in [-0.2, 0) is 9.32 Å². The first kappa shape index (κ1) is 17.4. The second-order valence-electron chi connectivity index (χ2n) is 6.12. The van der Waals surface area contributed by atoms with E-state index in [1.807, 2.05) is 54.6 Å². The first-order valence-electron chi connectivity index (χ1n) is 8.52. The summed E-state index contributed by atoms with van der Waals surface area (Å²) < 4.78 is 6.42. The minimum atomic E-state index is -3.37. The zero-order valence-electron chi connectivity index (χ0n) is 14.6. The third-order valence-corrected chi connectivity index (χ3v) is 10.9. The van der Waals surface area contributed by atoms with Crippen molar-refractivity contribution in [1.29, 1.82) is 0 Å². The minimum absolute atomic E-state index is 0.254. The molecule has 0 bridgehead atoms. The molecular weight excluding hydrogens is 327 g/mol. The van der Waals surface area contributed by atoms with Gasteiger partial charge in [0.15, 0.2) is 0 Å². The summed E-state index contributed by atoms with van der Waals surface area (Å²) in [5, 5.41) is 3.22. The van der Waals surface area contributed by atoms with Gasteiger partial charge in [-0.2, -0.15) is 0 Å². The van der Waals surface area contributed by atoms with Crippen molar-refractivity contribution in [3.63, 3.8) is 0 Å². The van der Waals surface area contributed by atoms with E-state index >= 15 is 0 Å². The van der Waals surface area contributed by atoms with Crippen molar-refractivity contribution >= 4 is 28.7 Å². The van der Waals surface area contributed by atoms with E-state index < -0.39 is 6.83 Å². The van der Waals surface area contributed by atoms with Gasteiger partial charge >= 0.3 is 149 Å². The number of rotatable bonds is 5. The van der Waals surface area contributed by atoms with Gasteiger partial charge in [-0.3, -0.25) is 0 Å². The van der Waals surface area contributed by atoms with Crippen molar-refractivity contribution in [2.24, 2.45) is 0 Å². The van der Waals surface area contributed by atoms with Gasteiger partial charge in [-0.15, -0.1) is 0 Å². The molecule has 0 heterocycles. The topological polar surface area (TPSA) is 26.3 Å². The SMILES string of the molecule is CCP(OC(C)=O)(c1ccccc1)(c1ccccc1)c1ccccc1. The molecule has 25 heavy (non-hydrogen) atoms. The average molecular weight is 350 g/mol. The normalized spacial score (nSPS) is 12.8. The van der Waals surface area contributed by atoms with Crippen LogP contribution in [0.5, 0.6) is 0 Å². The van der Waals surface area contributed by atoms with E-state index in [2.05, 4.69) is 43.3 Å². The molecule has 128 valence electrons. The van der Waals surface area contributed by atoms with Gasteiger partial charge < -0.3 is 0 Å². The van der Waals surface area contributed by atoms with Gasteiger partial charge in [0.25, 0.3) is 0 Å². The molecule has 0 fully saturated rings. The van der Waals surface area contributed by atoms with Crippen molar-refractivity contribution in [3.05, 3.63) is 91.0 Å². The second kappa shape index (κ2) is 6.82. The Bertz CT molecular complexity index is 746. The number of hydrogen-bond donors (Lipinski definition) is 0. The summed E-state index contributed by atoms with van der Waals surface area (Å²) in [4.78, 5) is 12.4. The first-order chi connectivity index (χ1) is 12.1. The predicted molar refractivity (Wildman–Crippen MR) is 107 cm³/mol. The molecule has 2 nitrogen and oxygen atoms in total. The van der Waals surface area contributed by atoms with E-state index in [0.29, 0.717) is 6.16 Å². The molecule has 0 aliphatic heterocycles. The van der Waals surface area contributed by atoms with Gasteiger partial charge in [0, 0.05) is 0 Å². The van der Waals surface area contributed by atoms with Gasteiger partial charge in [-0.25, -0.2) is 0 Å². The zero-order chi connectivity index (χ0) is 17.8. The van der Waals surface area contributed by atoms with Crippen LogP contribution in [0.3, 0.4) is 0 Å². The molecule has 3 rings (SSSR count). The van der Waals surface area contributed by atoms with Crippen LogP contribution in [0.15, 0.2) is 91.0 Å². The van der Waals surface area contributed by atoms with E-state index in [-0.39, 0.29) is 5.97 Å². The fourth-order valence-electron chi connectivity index (χ4n) is 3.73. The molecule has 0 atom stereocenters. The molecule has 0 radical (unpaired) electrons. The summed E-state index contributed by atoms with van der Waals surface area (Å²) in [6.07, 6.45) is 0.712. The molecule has 0 aromatic heterocycles. The number of benzene rings is 3. The fraction of sp³-hybridized carbons (Fsp3) is 0.136. The van der Waals surface area contributed by atoms with Crippen molar-refractivity contribution in [3.8, 4) is 0 Å².